The monoisotopic (exact) mass is 252 g/mol. The van der Waals surface area contributed by atoms with Crippen molar-refractivity contribution < 1.29 is 8.78 Å². The fourth-order valence-corrected chi connectivity index (χ4v) is 3.39. The first-order valence-corrected chi connectivity index (χ1v) is 6.17. The van der Waals surface area contributed by atoms with Crippen LogP contribution >= 0.6 is 11.3 Å². The maximum absolute atomic E-state index is 13.7. The highest BCUT2D eigenvalue weighted by Gasteiger charge is 2.31. The maximum atomic E-state index is 13.7. The molecule has 1 atom stereocenters. The SMILES string of the molecule is Nc1nc2c(s1)C(c1c(F)cccc1F)CC2. The number of hydrogen-bond acceptors (Lipinski definition) is 3. The second-order valence-electron chi connectivity index (χ2n) is 4.09. The zero-order chi connectivity index (χ0) is 12.0. The Morgan fingerprint density at radius 3 is 2.71 bits per heavy atom. The van der Waals surface area contributed by atoms with Gasteiger partial charge in [-0.2, -0.15) is 0 Å². The van der Waals surface area contributed by atoms with Gasteiger partial charge in [0.2, 0.25) is 0 Å². The van der Waals surface area contributed by atoms with E-state index in [0.717, 1.165) is 17.0 Å². The van der Waals surface area contributed by atoms with Crippen LogP contribution in [-0.2, 0) is 6.42 Å². The molecule has 1 aromatic carbocycles. The van der Waals surface area contributed by atoms with Crippen LogP contribution in [0.5, 0.6) is 0 Å². The molecular weight excluding hydrogens is 242 g/mol. The van der Waals surface area contributed by atoms with Crippen molar-refractivity contribution in [3.63, 3.8) is 0 Å². The van der Waals surface area contributed by atoms with Crippen LogP contribution < -0.4 is 5.73 Å². The van der Waals surface area contributed by atoms with Gasteiger partial charge in [0, 0.05) is 16.4 Å². The number of aromatic nitrogens is 1. The highest BCUT2D eigenvalue weighted by Crippen LogP contribution is 2.43. The number of anilines is 1. The Bertz CT molecular complexity index is 560. The van der Waals surface area contributed by atoms with Crippen molar-refractivity contribution in [1.29, 1.82) is 0 Å². The molecule has 1 heterocycles. The quantitative estimate of drug-likeness (QED) is 0.847. The Hall–Kier alpha value is -1.49. The lowest BCUT2D eigenvalue weighted by Crippen LogP contribution is -2.02. The number of nitrogens with two attached hydrogens (primary N) is 1. The van der Waals surface area contributed by atoms with Crippen LogP contribution in [0.1, 0.15) is 28.5 Å². The van der Waals surface area contributed by atoms with Crippen molar-refractivity contribution in [3.05, 3.63) is 46.0 Å². The van der Waals surface area contributed by atoms with Crippen molar-refractivity contribution in [1.82, 2.24) is 4.98 Å². The van der Waals surface area contributed by atoms with Gasteiger partial charge in [-0.3, -0.25) is 0 Å². The molecule has 5 heteroatoms. The summed E-state index contributed by atoms with van der Waals surface area (Å²) in [5.41, 5.74) is 6.66. The van der Waals surface area contributed by atoms with Gasteiger partial charge in [-0.05, 0) is 25.0 Å². The first-order chi connectivity index (χ1) is 8.16. The fourth-order valence-electron chi connectivity index (χ4n) is 2.37. The Morgan fingerprint density at radius 1 is 1.29 bits per heavy atom. The summed E-state index contributed by atoms with van der Waals surface area (Å²) in [7, 11) is 0. The topological polar surface area (TPSA) is 38.9 Å². The van der Waals surface area contributed by atoms with Crippen LogP contribution in [0.2, 0.25) is 0 Å². The third-order valence-electron chi connectivity index (χ3n) is 3.08. The zero-order valence-corrected chi connectivity index (χ0v) is 9.73. The molecule has 0 fully saturated rings. The molecule has 0 aliphatic heterocycles. The summed E-state index contributed by atoms with van der Waals surface area (Å²) < 4.78 is 27.4. The Kier molecular flexibility index (Phi) is 2.36. The molecule has 1 aliphatic rings. The minimum Gasteiger partial charge on any atom is -0.375 e. The van der Waals surface area contributed by atoms with E-state index >= 15 is 0 Å². The summed E-state index contributed by atoms with van der Waals surface area (Å²) in [6, 6.07) is 3.96. The van der Waals surface area contributed by atoms with Gasteiger partial charge in [-0.25, -0.2) is 13.8 Å². The van der Waals surface area contributed by atoms with E-state index in [1.807, 2.05) is 0 Å². The smallest absolute Gasteiger partial charge is 0.180 e. The third kappa shape index (κ3) is 1.61. The van der Waals surface area contributed by atoms with Crippen LogP contribution in [0.3, 0.4) is 0 Å². The van der Waals surface area contributed by atoms with Gasteiger partial charge < -0.3 is 5.73 Å². The first-order valence-electron chi connectivity index (χ1n) is 5.36. The largest absolute Gasteiger partial charge is 0.375 e. The Morgan fingerprint density at radius 2 is 2.00 bits per heavy atom. The second kappa shape index (κ2) is 3.77. The average Bonchev–Trinajstić information content (AvgIpc) is 2.78. The summed E-state index contributed by atoms with van der Waals surface area (Å²) in [5, 5.41) is 0.469. The number of fused-ring (bicyclic) bond motifs is 1. The second-order valence-corrected chi connectivity index (χ2v) is 5.15. The number of thiazole rings is 1. The van der Waals surface area contributed by atoms with Crippen LogP contribution in [0.15, 0.2) is 18.2 Å². The third-order valence-corrected chi connectivity index (χ3v) is 4.12. The predicted octanol–water partition coefficient (Wildman–Crippen LogP) is 3.08. The summed E-state index contributed by atoms with van der Waals surface area (Å²) in [4.78, 5) is 5.09. The van der Waals surface area contributed by atoms with Crippen molar-refractivity contribution >= 4 is 16.5 Å². The summed E-state index contributed by atoms with van der Waals surface area (Å²) in [5.74, 6) is -1.22. The van der Waals surface area contributed by atoms with E-state index < -0.39 is 11.6 Å². The minimum atomic E-state index is -0.491. The van der Waals surface area contributed by atoms with E-state index in [2.05, 4.69) is 4.98 Å². The number of rotatable bonds is 1. The molecule has 1 aliphatic carbocycles. The lowest BCUT2D eigenvalue weighted by atomic mass is 9.97. The number of aryl methyl sites for hydroxylation is 1. The van der Waals surface area contributed by atoms with Gasteiger partial charge in [0.25, 0.3) is 0 Å². The van der Waals surface area contributed by atoms with E-state index in [9.17, 15) is 8.78 Å². The summed E-state index contributed by atoms with van der Waals surface area (Å²) in [6.07, 6.45) is 1.44. The number of nitrogen functional groups attached to an aromatic ring is 1. The molecule has 1 unspecified atom stereocenters. The minimum absolute atomic E-state index is 0.148. The average molecular weight is 252 g/mol. The van der Waals surface area contributed by atoms with Gasteiger partial charge in [0.15, 0.2) is 5.13 Å². The van der Waals surface area contributed by atoms with Crippen molar-refractivity contribution in [2.24, 2.45) is 0 Å². The van der Waals surface area contributed by atoms with Crippen molar-refractivity contribution in [2.75, 3.05) is 5.73 Å². The number of benzene rings is 1. The Labute approximate surface area is 101 Å². The molecule has 0 saturated carbocycles. The van der Waals surface area contributed by atoms with Gasteiger partial charge >= 0.3 is 0 Å². The van der Waals surface area contributed by atoms with Crippen LogP contribution in [0, 0.1) is 11.6 Å². The molecular formula is C12H10F2N2S. The lowest BCUT2D eigenvalue weighted by Gasteiger charge is -2.11. The Balaban J connectivity index is 2.12. The summed E-state index contributed by atoms with van der Waals surface area (Å²) in [6.45, 7) is 0. The van der Waals surface area contributed by atoms with E-state index in [1.54, 1.807) is 0 Å². The molecule has 2 aromatic rings. The molecule has 0 bridgehead atoms. The zero-order valence-electron chi connectivity index (χ0n) is 8.91. The molecule has 3 rings (SSSR count). The van der Waals surface area contributed by atoms with Crippen LogP contribution in [0.4, 0.5) is 13.9 Å². The van der Waals surface area contributed by atoms with Crippen molar-refractivity contribution in [2.45, 2.75) is 18.8 Å². The fraction of sp³-hybridized carbons (Fsp3) is 0.250. The number of nitrogens with zero attached hydrogens (tertiary/aromatic N) is 1. The standard InChI is InChI=1S/C12H10F2N2S/c13-7-2-1-3-8(14)10(7)6-4-5-9-11(6)17-12(15)16-9/h1-3,6H,4-5H2,(H2,15,16). The normalized spacial score (nSPS) is 18.4. The molecule has 0 amide bonds. The molecule has 0 spiro atoms. The van der Waals surface area contributed by atoms with Crippen molar-refractivity contribution in [3.8, 4) is 0 Å². The molecule has 88 valence electrons. The number of halogens is 2. The molecule has 0 saturated heterocycles. The van der Waals surface area contributed by atoms with E-state index in [4.69, 9.17) is 5.73 Å². The summed E-state index contributed by atoms with van der Waals surface area (Å²) >= 11 is 1.33. The van der Waals surface area contributed by atoms with Gasteiger partial charge in [-0.15, -0.1) is 11.3 Å². The van der Waals surface area contributed by atoms with E-state index in [1.165, 1.54) is 29.5 Å². The maximum Gasteiger partial charge on any atom is 0.180 e. The van der Waals surface area contributed by atoms with Gasteiger partial charge in [0.1, 0.15) is 11.6 Å². The first kappa shape index (κ1) is 10.7. The van der Waals surface area contributed by atoms with Crippen LogP contribution in [-0.4, -0.2) is 4.98 Å². The molecule has 1 aromatic heterocycles. The molecule has 2 nitrogen and oxygen atoms in total. The van der Waals surface area contributed by atoms with Crippen LogP contribution in [0.25, 0.3) is 0 Å². The molecule has 2 N–H and O–H groups in total. The van der Waals surface area contributed by atoms with Gasteiger partial charge in [-0.1, -0.05) is 6.07 Å². The highest BCUT2D eigenvalue weighted by molar-refractivity contribution is 7.15. The molecule has 0 radical (unpaired) electrons. The van der Waals surface area contributed by atoms with E-state index in [-0.39, 0.29) is 11.5 Å². The van der Waals surface area contributed by atoms with Gasteiger partial charge in [0.05, 0.1) is 5.69 Å². The lowest BCUT2D eigenvalue weighted by molar-refractivity contribution is 0.540. The van der Waals surface area contributed by atoms with E-state index in [0.29, 0.717) is 11.6 Å². The predicted molar refractivity (Wildman–Crippen MR) is 63.0 cm³/mol. The number of hydrogen-bond donors (Lipinski definition) is 1. The molecule has 17 heavy (non-hydrogen) atoms. The highest BCUT2D eigenvalue weighted by atomic mass is 32.1.